The molecule has 0 fully saturated rings. The number of benzene rings is 2. The zero-order chi connectivity index (χ0) is 15.4. The monoisotopic (exact) mass is 294 g/mol. The molecule has 2 rings (SSSR count). The average Bonchev–Trinajstić information content (AvgIpc) is 2.49. The molecule has 1 N–H and O–H groups in total. The van der Waals surface area contributed by atoms with Crippen molar-refractivity contribution in [3.05, 3.63) is 59.2 Å². The lowest BCUT2D eigenvalue weighted by Gasteiger charge is -2.14. The van der Waals surface area contributed by atoms with E-state index in [0.717, 1.165) is 11.6 Å². The number of ether oxygens (including phenoxy) is 2. The van der Waals surface area contributed by atoms with E-state index < -0.39 is 17.7 Å². The van der Waals surface area contributed by atoms with Crippen molar-refractivity contribution in [2.45, 2.75) is 12.5 Å². The van der Waals surface area contributed by atoms with Crippen molar-refractivity contribution in [2.24, 2.45) is 0 Å². The molecule has 1 atom stereocenters. The highest BCUT2D eigenvalue weighted by Crippen LogP contribution is 2.30. The number of aliphatic hydroxyl groups is 1. The van der Waals surface area contributed by atoms with Crippen LogP contribution >= 0.6 is 0 Å². The van der Waals surface area contributed by atoms with Crippen molar-refractivity contribution >= 4 is 0 Å². The van der Waals surface area contributed by atoms with Gasteiger partial charge in [-0.25, -0.2) is 8.78 Å². The first-order valence-electron chi connectivity index (χ1n) is 6.39. The third-order valence-corrected chi connectivity index (χ3v) is 3.22. The smallest absolute Gasteiger partial charge is 0.164 e. The van der Waals surface area contributed by atoms with Crippen LogP contribution in [0.1, 0.15) is 17.2 Å². The number of halogens is 2. The largest absolute Gasteiger partial charge is 0.493 e. The molecule has 5 heteroatoms. The summed E-state index contributed by atoms with van der Waals surface area (Å²) in [6.07, 6.45) is -1.00. The van der Waals surface area contributed by atoms with Gasteiger partial charge in [0.15, 0.2) is 23.1 Å². The fourth-order valence-electron chi connectivity index (χ4n) is 2.12. The molecule has 0 amide bonds. The van der Waals surface area contributed by atoms with Gasteiger partial charge in [-0.3, -0.25) is 0 Å². The number of hydrogen-bond donors (Lipinski definition) is 1. The standard InChI is InChI=1S/C16H16F2O3/c1-20-14-7-6-10(9-15(14)21-2)8-13(19)11-4-3-5-12(17)16(11)18/h3-7,9,13,19H,8H2,1-2H3. The minimum Gasteiger partial charge on any atom is -0.493 e. The minimum absolute atomic E-state index is 0.0650. The van der Waals surface area contributed by atoms with E-state index in [-0.39, 0.29) is 12.0 Å². The Kier molecular flexibility index (Phi) is 4.75. The van der Waals surface area contributed by atoms with Gasteiger partial charge in [-0.05, 0) is 23.8 Å². The second-order valence-electron chi connectivity index (χ2n) is 4.55. The molecule has 0 saturated carbocycles. The predicted octanol–water partition coefficient (Wildman–Crippen LogP) is 3.26. The van der Waals surface area contributed by atoms with Gasteiger partial charge in [0.1, 0.15) is 0 Å². The van der Waals surface area contributed by atoms with Crippen LogP contribution in [0.25, 0.3) is 0 Å². The van der Waals surface area contributed by atoms with Crippen molar-refractivity contribution in [3.8, 4) is 11.5 Å². The molecule has 0 heterocycles. The van der Waals surface area contributed by atoms with E-state index in [1.165, 1.54) is 26.4 Å². The van der Waals surface area contributed by atoms with Gasteiger partial charge in [-0.1, -0.05) is 18.2 Å². The van der Waals surface area contributed by atoms with Crippen LogP contribution in [-0.2, 0) is 6.42 Å². The molecule has 0 aromatic heterocycles. The second-order valence-corrected chi connectivity index (χ2v) is 4.55. The Balaban J connectivity index is 2.23. The van der Waals surface area contributed by atoms with Gasteiger partial charge < -0.3 is 14.6 Å². The summed E-state index contributed by atoms with van der Waals surface area (Å²) in [6.45, 7) is 0. The summed E-state index contributed by atoms with van der Waals surface area (Å²) < 4.78 is 37.1. The summed E-state index contributed by atoms with van der Waals surface area (Å²) in [5.74, 6) is -0.918. The zero-order valence-electron chi connectivity index (χ0n) is 11.8. The molecular formula is C16H16F2O3. The van der Waals surface area contributed by atoms with Gasteiger partial charge in [-0.2, -0.15) is 0 Å². The van der Waals surface area contributed by atoms with E-state index in [1.54, 1.807) is 18.2 Å². The molecule has 0 aliphatic rings. The Morgan fingerprint density at radius 1 is 1.05 bits per heavy atom. The summed E-state index contributed by atoms with van der Waals surface area (Å²) in [4.78, 5) is 0. The van der Waals surface area contributed by atoms with Crippen molar-refractivity contribution in [1.82, 2.24) is 0 Å². The zero-order valence-corrected chi connectivity index (χ0v) is 11.8. The van der Waals surface area contributed by atoms with Crippen molar-refractivity contribution in [3.63, 3.8) is 0 Å². The first-order chi connectivity index (χ1) is 10.1. The summed E-state index contributed by atoms with van der Waals surface area (Å²) in [5, 5.41) is 10.1. The third-order valence-electron chi connectivity index (χ3n) is 3.22. The van der Waals surface area contributed by atoms with Gasteiger partial charge in [0.25, 0.3) is 0 Å². The lowest BCUT2D eigenvalue weighted by atomic mass is 10.0. The first kappa shape index (κ1) is 15.3. The van der Waals surface area contributed by atoms with Gasteiger partial charge in [0.2, 0.25) is 0 Å². The second kappa shape index (κ2) is 6.54. The molecule has 21 heavy (non-hydrogen) atoms. The lowest BCUT2D eigenvalue weighted by Crippen LogP contribution is -2.06. The predicted molar refractivity (Wildman–Crippen MR) is 74.6 cm³/mol. The van der Waals surface area contributed by atoms with Crippen LogP contribution in [0.2, 0.25) is 0 Å². The summed E-state index contributed by atoms with van der Waals surface area (Å²) in [6, 6.07) is 8.88. The normalized spacial score (nSPS) is 12.0. The van der Waals surface area contributed by atoms with Crippen LogP contribution < -0.4 is 9.47 Å². The highest BCUT2D eigenvalue weighted by Gasteiger charge is 2.17. The molecule has 0 saturated heterocycles. The SMILES string of the molecule is COc1ccc(CC(O)c2cccc(F)c2F)cc1OC. The number of aliphatic hydroxyl groups excluding tert-OH is 1. The van der Waals surface area contributed by atoms with E-state index >= 15 is 0 Å². The maximum atomic E-state index is 13.6. The Hall–Kier alpha value is -2.14. The maximum Gasteiger partial charge on any atom is 0.164 e. The Morgan fingerprint density at radius 3 is 2.43 bits per heavy atom. The highest BCUT2D eigenvalue weighted by molar-refractivity contribution is 5.43. The molecule has 0 aliphatic carbocycles. The van der Waals surface area contributed by atoms with Crippen LogP contribution in [0.3, 0.4) is 0 Å². The summed E-state index contributed by atoms with van der Waals surface area (Å²) in [5.41, 5.74) is 0.661. The minimum atomic E-state index is -1.14. The molecule has 1 unspecified atom stereocenters. The van der Waals surface area contributed by atoms with Crippen molar-refractivity contribution in [2.75, 3.05) is 14.2 Å². The van der Waals surface area contributed by atoms with Crippen LogP contribution in [0.4, 0.5) is 8.78 Å². The lowest BCUT2D eigenvalue weighted by molar-refractivity contribution is 0.172. The highest BCUT2D eigenvalue weighted by atomic mass is 19.2. The topological polar surface area (TPSA) is 38.7 Å². The number of methoxy groups -OCH3 is 2. The van der Waals surface area contributed by atoms with Crippen LogP contribution in [0, 0.1) is 11.6 Å². The van der Waals surface area contributed by atoms with Gasteiger partial charge >= 0.3 is 0 Å². The fourth-order valence-corrected chi connectivity index (χ4v) is 2.12. The molecule has 0 bridgehead atoms. The van der Waals surface area contributed by atoms with E-state index in [2.05, 4.69) is 0 Å². The molecular weight excluding hydrogens is 278 g/mol. The van der Waals surface area contributed by atoms with E-state index in [1.807, 2.05) is 0 Å². The number of hydrogen-bond acceptors (Lipinski definition) is 3. The van der Waals surface area contributed by atoms with E-state index in [9.17, 15) is 13.9 Å². The summed E-state index contributed by atoms with van der Waals surface area (Å²) >= 11 is 0. The molecule has 3 nitrogen and oxygen atoms in total. The molecule has 2 aromatic carbocycles. The Labute approximate surface area is 121 Å². The van der Waals surface area contributed by atoms with Crippen molar-refractivity contribution in [1.29, 1.82) is 0 Å². The summed E-state index contributed by atoms with van der Waals surface area (Å²) in [7, 11) is 3.03. The fraction of sp³-hybridized carbons (Fsp3) is 0.250. The van der Waals surface area contributed by atoms with Crippen LogP contribution in [0.15, 0.2) is 36.4 Å². The molecule has 0 radical (unpaired) electrons. The van der Waals surface area contributed by atoms with Crippen LogP contribution in [-0.4, -0.2) is 19.3 Å². The van der Waals surface area contributed by atoms with Gasteiger partial charge in [0.05, 0.1) is 20.3 Å². The van der Waals surface area contributed by atoms with E-state index in [4.69, 9.17) is 9.47 Å². The van der Waals surface area contributed by atoms with Gasteiger partial charge in [0, 0.05) is 12.0 Å². The molecule has 0 aliphatic heterocycles. The average molecular weight is 294 g/mol. The quantitative estimate of drug-likeness (QED) is 0.920. The van der Waals surface area contributed by atoms with Crippen molar-refractivity contribution < 1.29 is 23.4 Å². The van der Waals surface area contributed by atoms with Gasteiger partial charge in [-0.15, -0.1) is 0 Å². The first-order valence-corrected chi connectivity index (χ1v) is 6.39. The molecule has 0 spiro atoms. The van der Waals surface area contributed by atoms with E-state index in [0.29, 0.717) is 11.5 Å². The van der Waals surface area contributed by atoms with Crippen LogP contribution in [0.5, 0.6) is 11.5 Å². The Morgan fingerprint density at radius 2 is 1.76 bits per heavy atom. The Bertz CT molecular complexity index is 629. The molecule has 112 valence electrons. The number of rotatable bonds is 5. The molecule has 2 aromatic rings. The third kappa shape index (κ3) is 3.31. The maximum absolute atomic E-state index is 13.6.